The summed E-state index contributed by atoms with van der Waals surface area (Å²) >= 11 is 0. The number of ether oxygens (including phenoxy) is 1. The first-order valence-electron chi connectivity index (χ1n) is 6.68. The molecule has 2 heteroatoms. The largest absolute Gasteiger partial charge is 0.381 e. The molecular weight excluding hydrogens is 222 g/mol. The molecule has 0 aromatic heterocycles. The Kier molecular flexibility index (Phi) is 3.58. The molecule has 1 fully saturated rings. The van der Waals surface area contributed by atoms with Crippen LogP contribution in [0, 0.1) is 18.3 Å². The van der Waals surface area contributed by atoms with Gasteiger partial charge in [0.15, 0.2) is 0 Å². The van der Waals surface area contributed by atoms with Crippen LogP contribution in [-0.2, 0) is 10.2 Å². The molecular formula is C16H23NO. The van der Waals surface area contributed by atoms with Gasteiger partial charge >= 0.3 is 0 Å². The Hall–Kier alpha value is -1.15. The Balaban J connectivity index is 2.35. The molecule has 1 N–H and O–H groups in total. The van der Waals surface area contributed by atoms with Gasteiger partial charge in [-0.25, -0.2) is 0 Å². The van der Waals surface area contributed by atoms with Crippen LogP contribution in [0.4, 0.5) is 0 Å². The second-order valence-electron chi connectivity index (χ2n) is 5.79. The third-order valence-electron chi connectivity index (χ3n) is 4.15. The monoisotopic (exact) mass is 245 g/mol. The molecule has 0 unspecified atom stereocenters. The van der Waals surface area contributed by atoms with E-state index < -0.39 is 0 Å². The standard InChI is InChI=1S/C16H23NO/c1-11(2)15(17)16(9-14(10-16)18-4)13-7-5-6-12(3)8-13/h5-8,11,14,17H,9-10H2,1-4H3. The Morgan fingerprint density at radius 1 is 1.39 bits per heavy atom. The maximum absolute atomic E-state index is 8.47. The summed E-state index contributed by atoms with van der Waals surface area (Å²) < 4.78 is 5.43. The molecule has 2 nitrogen and oxygen atoms in total. The molecule has 0 spiro atoms. The smallest absolute Gasteiger partial charge is 0.0595 e. The summed E-state index contributed by atoms with van der Waals surface area (Å²) in [5.41, 5.74) is 3.32. The van der Waals surface area contributed by atoms with Crippen LogP contribution in [0.3, 0.4) is 0 Å². The fraction of sp³-hybridized carbons (Fsp3) is 0.562. The van der Waals surface area contributed by atoms with E-state index in [9.17, 15) is 0 Å². The summed E-state index contributed by atoms with van der Waals surface area (Å²) in [6, 6.07) is 8.60. The summed E-state index contributed by atoms with van der Waals surface area (Å²) in [4.78, 5) is 0. The van der Waals surface area contributed by atoms with E-state index in [2.05, 4.69) is 45.0 Å². The first kappa shape index (κ1) is 13.3. The fourth-order valence-corrected chi connectivity index (χ4v) is 2.99. The predicted molar refractivity (Wildman–Crippen MR) is 75.5 cm³/mol. The average Bonchev–Trinajstić information content (AvgIpc) is 2.28. The summed E-state index contributed by atoms with van der Waals surface area (Å²) in [5.74, 6) is 0.295. The van der Waals surface area contributed by atoms with Gasteiger partial charge in [-0.1, -0.05) is 43.7 Å². The minimum atomic E-state index is -0.0825. The Bertz CT molecular complexity index is 444. The van der Waals surface area contributed by atoms with E-state index in [0.29, 0.717) is 12.0 Å². The molecule has 0 saturated heterocycles. The highest BCUT2D eigenvalue weighted by molar-refractivity contribution is 5.95. The van der Waals surface area contributed by atoms with Crippen molar-refractivity contribution in [2.45, 2.75) is 45.1 Å². The van der Waals surface area contributed by atoms with Gasteiger partial charge in [-0.15, -0.1) is 0 Å². The van der Waals surface area contributed by atoms with Gasteiger partial charge in [-0.2, -0.15) is 0 Å². The Labute approximate surface area is 110 Å². The molecule has 1 saturated carbocycles. The van der Waals surface area contributed by atoms with Crippen molar-refractivity contribution in [1.82, 2.24) is 0 Å². The number of aryl methyl sites for hydroxylation is 1. The van der Waals surface area contributed by atoms with Gasteiger partial charge in [0.25, 0.3) is 0 Å². The van der Waals surface area contributed by atoms with Gasteiger partial charge in [0, 0.05) is 18.2 Å². The molecule has 1 aliphatic rings. The lowest BCUT2D eigenvalue weighted by molar-refractivity contribution is 0.00512. The zero-order valence-electron chi connectivity index (χ0n) is 11.8. The molecule has 98 valence electrons. The topological polar surface area (TPSA) is 33.1 Å². The molecule has 1 aromatic rings. The van der Waals surface area contributed by atoms with Crippen LogP contribution in [0.5, 0.6) is 0 Å². The van der Waals surface area contributed by atoms with E-state index in [0.717, 1.165) is 18.6 Å². The third-order valence-corrected chi connectivity index (χ3v) is 4.15. The van der Waals surface area contributed by atoms with E-state index in [1.54, 1.807) is 7.11 Å². The molecule has 2 rings (SSSR count). The van der Waals surface area contributed by atoms with Crippen LogP contribution >= 0.6 is 0 Å². The molecule has 0 bridgehead atoms. The molecule has 0 atom stereocenters. The summed E-state index contributed by atoms with van der Waals surface area (Å²) in [5, 5.41) is 8.47. The van der Waals surface area contributed by atoms with Gasteiger partial charge in [0.05, 0.1) is 6.10 Å². The number of benzene rings is 1. The van der Waals surface area contributed by atoms with Crippen molar-refractivity contribution in [2.75, 3.05) is 7.11 Å². The number of rotatable bonds is 4. The van der Waals surface area contributed by atoms with Crippen molar-refractivity contribution >= 4 is 5.71 Å². The lowest BCUT2D eigenvalue weighted by atomic mass is 9.58. The first-order valence-corrected chi connectivity index (χ1v) is 6.68. The molecule has 1 aliphatic carbocycles. The SMILES string of the molecule is COC1CC(C(=N)C(C)C)(c2cccc(C)c2)C1. The van der Waals surface area contributed by atoms with E-state index in [-0.39, 0.29) is 5.41 Å². The van der Waals surface area contributed by atoms with Crippen LogP contribution in [0.1, 0.15) is 37.8 Å². The highest BCUT2D eigenvalue weighted by Crippen LogP contribution is 2.47. The predicted octanol–water partition coefficient (Wildman–Crippen LogP) is 3.72. The maximum Gasteiger partial charge on any atom is 0.0595 e. The van der Waals surface area contributed by atoms with Crippen molar-refractivity contribution < 1.29 is 4.74 Å². The normalized spacial score (nSPS) is 27.1. The quantitative estimate of drug-likeness (QED) is 0.806. The van der Waals surface area contributed by atoms with E-state index in [1.165, 1.54) is 11.1 Å². The highest BCUT2D eigenvalue weighted by Gasteiger charge is 2.49. The lowest BCUT2D eigenvalue weighted by Crippen LogP contribution is -2.52. The van der Waals surface area contributed by atoms with Gasteiger partial charge in [0.1, 0.15) is 0 Å². The van der Waals surface area contributed by atoms with Gasteiger partial charge in [0.2, 0.25) is 0 Å². The van der Waals surface area contributed by atoms with Crippen molar-refractivity contribution in [3.05, 3.63) is 35.4 Å². The second kappa shape index (κ2) is 4.85. The number of hydrogen-bond donors (Lipinski definition) is 1. The highest BCUT2D eigenvalue weighted by atomic mass is 16.5. The van der Waals surface area contributed by atoms with Crippen LogP contribution in [0.2, 0.25) is 0 Å². The maximum atomic E-state index is 8.47. The number of hydrogen-bond acceptors (Lipinski definition) is 2. The molecule has 0 amide bonds. The third kappa shape index (κ3) is 2.10. The van der Waals surface area contributed by atoms with Crippen LogP contribution in [-0.4, -0.2) is 18.9 Å². The second-order valence-corrected chi connectivity index (χ2v) is 5.79. The van der Waals surface area contributed by atoms with E-state index in [4.69, 9.17) is 10.1 Å². The summed E-state index contributed by atoms with van der Waals surface area (Å²) in [7, 11) is 1.77. The van der Waals surface area contributed by atoms with Crippen molar-refractivity contribution in [2.24, 2.45) is 5.92 Å². The summed E-state index contributed by atoms with van der Waals surface area (Å²) in [6.45, 7) is 6.34. The zero-order valence-corrected chi connectivity index (χ0v) is 11.8. The zero-order chi connectivity index (χ0) is 13.3. The molecule has 18 heavy (non-hydrogen) atoms. The molecule has 0 aliphatic heterocycles. The van der Waals surface area contributed by atoms with E-state index in [1.807, 2.05) is 0 Å². The first-order chi connectivity index (χ1) is 8.49. The number of methoxy groups -OCH3 is 1. The molecule has 1 aromatic carbocycles. The molecule has 0 radical (unpaired) electrons. The Morgan fingerprint density at radius 2 is 2.06 bits per heavy atom. The van der Waals surface area contributed by atoms with Crippen LogP contribution in [0.15, 0.2) is 24.3 Å². The molecule has 0 heterocycles. The number of nitrogens with one attached hydrogen (secondary N) is 1. The fourth-order valence-electron chi connectivity index (χ4n) is 2.99. The Morgan fingerprint density at radius 3 is 2.56 bits per heavy atom. The van der Waals surface area contributed by atoms with Gasteiger partial charge in [-0.05, 0) is 31.2 Å². The minimum Gasteiger partial charge on any atom is -0.381 e. The lowest BCUT2D eigenvalue weighted by Gasteiger charge is -2.49. The van der Waals surface area contributed by atoms with E-state index >= 15 is 0 Å². The van der Waals surface area contributed by atoms with Crippen molar-refractivity contribution in [1.29, 1.82) is 5.41 Å². The van der Waals surface area contributed by atoms with Crippen molar-refractivity contribution in [3.63, 3.8) is 0 Å². The van der Waals surface area contributed by atoms with Crippen LogP contribution < -0.4 is 0 Å². The van der Waals surface area contributed by atoms with Gasteiger partial charge < -0.3 is 10.1 Å². The van der Waals surface area contributed by atoms with Crippen molar-refractivity contribution in [3.8, 4) is 0 Å². The minimum absolute atomic E-state index is 0.0825. The van der Waals surface area contributed by atoms with Gasteiger partial charge in [-0.3, -0.25) is 0 Å². The van der Waals surface area contributed by atoms with Crippen LogP contribution in [0.25, 0.3) is 0 Å². The average molecular weight is 245 g/mol. The summed E-state index contributed by atoms with van der Waals surface area (Å²) in [6.07, 6.45) is 2.21.